The lowest BCUT2D eigenvalue weighted by molar-refractivity contribution is -0.133. The number of nitrogens with one attached hydrogen (secondary N) is 2. The van der Waals surface area contributed by atoms with Crippen molar-refractivity contribution >= 4 is 23.5 Å². The Morgan fingerprint density at radius 1 is 1.03 bits per heavy atom. The lowest BCUT2D eigenvalue weighted by atomic mass is 9.98. The van der Waals surface area contributed by atoms with Gasteiger partial charge in [0.25, 0.3) is 5.91 Å². The molecule has 1 saturated carbocycles. The monoisotopic (exact) mass is 393 g/mol. The molecular weight excluding hydrogens is 370 g/mol. The van der Waals surface area contributed by atoms with Crippen LogP contribution < -0.4 is 15.4 Å². The second-order valence-electron chi connectivity index (χ2n) is 7.60. The molecular formula is C22H23N3O4. The van der Waals surface area contributed by atoms with Crippen LogP contribution in [-0.4, -0.2) is 34.8 Å². The first kappa shape index (κ1) is 19.0. The van der Waals surface area contributed by atoms with Gasteiger partial charge in [-0.2, -0.15) is 0 Å². The average molecular weight is 393 g/mol. The molecule has 2 aromatic carbocycles. The SMILES string of the molecule is Cc1ccc(Oc2ccc(NC(=O)CN3C(=O)NC4(CCCC4)C3=O)cc2)cc1. The second-order valence-corrected chi connectivity index (χ2v) is 7.60. The number of aryl methyl sites for hydroxylation is 1. The van der Waals surface area contributed by atoms with E-state index < -0.39 is 17.5 Å². The first-order chi connectivity index (χ1) is 13.9. The van der Waals surface area contributed by atoms with Crippen LogP contribution in [0.3, 0.4) is 0 Å². The minimum absolute atomic E-state index is 0.294. The van der Waals surface area contributed by atoms with Gasteiger partial charge in [-0.1, -0.05) is 30.5 Å². The van der Waals surface area contributed by atoms with Crippen molar-refractivity contribution < 1.29 is 19.1 Å². The smallest absolute Gasteiger partial charge is 0.325 e. The first-order valence-electron chi connectivity index (χ1n) is 9.74. The summed E-state index contributed by atoms with van der Waals surface area (Å²) in [6, 6.07) is 14.1. The quantitative estimate of drug-likeness (QED) is 0.760. The Balaban J connectivity index is 1.34. The highest BCUT2D eigenvalue weighted by atomic mass is 16.5. The zero-order valence-electron chi connectivity index (χ0n) is 16.2. The van der Waals surface area contributed by atoms with Gasteiger partial charge in [0, 0.05) is 5.69 Å². The van der Waals surface area contributed by atoms with Crippen molar-refractivity contribution in [2.45, 2.75) is 38.1 Å². The van der Waals surface area contributed by atoms with Crippen LogP contribution in [0.1, 0.15) is 31.2 Å². The Morgan fingerprint density at radius 2 is 1.62 bits per heavy atom. The van der Waals surface area contributed by atoms with Gasteiger partial charge in [0.2, 0.25) is 5.91 Å². The predicted octanol–water partition coefficient (Wildman–Crippen LogP) is 3.59. The third kappa shape index (κ3) is 3.94. The van der Waals surface area contributed by atoms with Crippen LogP contribution in [0.5, 0.6) is 11.5 Å². The van der Waals surface area contributed by atoms with E-state index in [1.54, 1.807) is 24.3 Å². The highest BCUT2D eigenvalue weighted by Gasteiger charge is 2.52. The number of hydrogen-bond donors (Lipinski definition) is 2. The molecule has 1 aliphatic heterocycles. The van der Waals surface area contributed by atoms with Crippen molar-refractivity contribution in [3.8, 4) is 11.5 Å². The normalized spacial score (nSPS) is 17.5. The number of imide groups is 1. The summed E-state index contributed by atoms with van der Waals surface area (Å²) < 4.78 is 5.76. The molecule has 1 spiro atoms. The van der Waals surface area contributed by atoms with E-state index in [0.29, 0.717) is 24.3 Å². The molecule has 7 nitrogen and oxygen atoms in total. The van der Waals surface area contributed by atoms with E-state index in [4.69, 9.17) is 4.74 Å². The van der Waals surface area contributed by atoms with Crippen LogP contribution >= 0.6 is 0 Å². The molecule has 1 saturated heterocycles. The Morgan fingerprint density at radius 3 is 2.24 bits per heavy atom. The van der Waals surface area contributed by atoms with E-state index in [1.165, 1.54) is 0 Å². The number of carbonyl (C=O) groups excluding carboxylic acids is 3. The maximum Gasteiger partial charge on any atom is 0.325 e. The molecule has 0 atom stereocenters. The van der Waals surface area contributed by atoms with Gasteiger partial charge in [-0.15, -0.1) is 0 Å². The second kappa shape index (κ2) is 7.58. The van der Waals surface area contributed by atoms with Gasteiger partial charge >= 0.3 is 6.03 Å². The summed E-state index contributed by atoms with van der Waals surface area (Å²) in [4.78, 5) is 38.1. The van der Waals surface area contributed by atoms with Crippen LogP contribution in [-0.2, 0) is 9.59 Å². The van der Waals surface area contributed by atoms with Crippen LogP contribution in [0.25, 0.3) is 0 Å². The number of amides is 4. The lowest BCUT2D eigenvalue weighted by Crippen LogP contribution is -2.44. The molecule has 2 aliphatic rings. The Hall–Kier alpha value is -3.35. The van der Waals surface area contributed by atoms with Crippen molar-refractivity contribution in [2.24, 2.45) is 0 Å². The van der Waals surface area contributed by atoms with E-state index >= 15 is 0 Å². The van der Waals surface area contributed by atoms with Gasteiger partial charge in [0.15, 0.2) is 0 Å². The summed E-state index contributed by atoms with van der Waals surface area (Å²) >= 11 is 0. The Bertz CT molecular complexity index is 932. The number of nitrogens with zero attached hydrogens (tertiary/aromatic N) is 1. The van der Waals surface area contributed by atoms with Gasteiger partial charge < -0.3 is 15.4 Å². The third-order valence-corrected chi connectivity index (χ3v) is 5.40. The summed E-state index contributed by atoms with van der Waals surface area (Å²) in [7, 11) is 0. The maximum absolute atomic E-state index is 12.6. The molecule has 4 rings (SSSR count). The van der Waals surface area contributed by atoms with Crippen molar-refractivity contribution in [1.29, 1.82) is 0 Å². The molecule has 7 heteroatoms. The first-order valence-corrected chi connectivity index (χ1v) is 9.74. The van der Waals surface area contributed by atoms with Crippen molar-refractivity contribution in [1.82, 2.24) is 10.2 Å². The number of hydrogen-bond acceptors (Lipinski definition) is 4. The summed E-state index contributed by atoms with van der Waals surface area (Å²) in [5, 5.41) is 5.49. The largest absolute Gasteiger partial charge is 0.457 e. The summed E-state index contributed by atoms with van der Waals surface area (Å²) in [5.41, 5.74) is 0.917. The predicted molar refractivity (Wildman–Crippen MR) is 108 cm³/mol. The highest BCUT2D eigenvalue weighted by molar-refractivity contribution is 6.10. The standard InChI is InChI=1S/C22H23N3O4/c1-15-4-8-17(9-5-15)29-18-10-6-16(7-11-18)23-19(26)14-25-20(27)22(24-21(25)28)12-2-3-13-22/h4-11H,2-3,12-14H2,1H3,(H,23,26)(H,24,28). The fraction of sp³-hybridized carbons (Fsp3) is 0.318. The summed E-state index contributed by atoms with van der Waals surface area (Å²) in [5.74, 6) is 0.656. The van der Waals surface area contributed by atoms with Crippen LogP contribution in [0.4, 0.5) is 10.5 Å². The van der Waals surface area contributed by atoms with Crippen molar-refractivity contribution in [3.05, 3.63) is 54.1 Å². The summed E-state index contributed by atoms with van der Waals surface area (Å²) in [6.07, 6.45) is 3.09. The van der Waals surface area contributed by atoms with Gasteiger partial charge in [-0.25, -0.2) is 4.79 Å². The molecule has 4 amide bonds. The van der Waals surface area contributed by atoms with E-state index in [2.05, 4.69) is 10.6 Å². The number of benzene rings is 2. The molecule has 0 radical (unpaired) electrons. The van der Waals surface area contributed by atoms with Crippen LogP contribution in [0.15, 0.2) is 48.5 Å². The van der Waals surface area contributed by atoms with Gasteiger partial charge in [-0.05, 0) is 56.2 Å². The van der Waals surface area contributed by atoms with Crippen molar-refractivity contribution in [3.63, 3.8) is 0 Å². The number of anilines is 1. The fourth-order valence-electron chi connectivity index (χ4n) is 3.83. The molecule has 0 bridgehead atoms. The van der Waals surface area contributed by atoms with E-state index in [9.17, 15) is 14.4 Å². The molecule has 2 aromatic rings. The van der Waals surface area contributed by atoms with E-state index in [1.807, 2.05) is 31.2 Å². The van der Waals surface area contributed by atoms with Gasteiger partial charge in [-0.3, -0.25) is 14.5 Å². The Labute approximate surface area is 169 Å². The van der Waals surface area contributed by atoms with E-state index in [-0.39, 0.29) is 12.5 Å². The fourth-order valence-corrected chi connectivity index (χ4v) is 3.83. The molecule has 150 valence electrons. The highest BCUT2D eigenvalue weighted by Crippen LogP contribution is 2.35. The molecule has 0 aromatic heterocycles. The molecule has 1 aliphatic carbocycles. The molecule has 2 fully saturated rings. The zero-order chi connectivity index (χ0) is 20.4. The third-order valence-electron chi connectivity index (χ3n) is 5.40. The number of rotatable bonds is 5. The topological polar surface area (TPSA) is 87.7 Å². The summed E-state index contributed by atoms with van der Waals surface area (Å²) in [6.45, 7) is 1.71. The number of urea groups is 1. The van der Waals surface area contributed by atoms with Crippen LogP contribution in [0.2, 0.25) is 0 Å². The lowest BCUT2D eigenvalue weighted by Gasteiger charge is -2.19. The molecule has 1 heterocycles. The van der Waals surface area contributed by atoms with Gasteiger partial charge in [0.1, 0.15) is 23.6 Å². The maximum atomic E-state index is 12.6. The Kier molecular flexibility index (Phi) is 4.96. The number of carbonyl (C=O) groups is 3. The van der Waals surface area contributed by atoms with Crippen molar-refractivity contribution in [2.75, 3.05) is 11.9 Å². The van der Waals surface area contributed by atoms with E-state index in [0.717, 1.165) is 29.1 Å². The average Bonchev–Trinajstić information content (AvgIpc) is 3.26. The number of ether oxygens (including phenoxy) is 1. The van der Waals surface area contributed by atoms with Crippen LogP contribution in [0, 0.1) is 6.92 Å². The van der Waals surface area contributed by atoms with Gasteiger partial charge in [0.05, 0.1) is 0 Å². The zero-order valence-corrected chi connectivity index (χ0v) is 16.2. The molecule has 0 unspecified atom stereocenters. The minimum Gasteiger partial charge on any atom is -0.457 e. The molecule has 29 heavy (non-hydrogen) atoms. The minimum atomic E-state index is -0.799. The molecule has 2 N–H and O–H groups in total.